The van der Waals surface area contributed by atoms with Crippen LogP contribution in [-0.2, 0) is 4.79 Å². The van der Waals surface area contributed by atoms with Crippen molar-refractivity contribution in [2.75, 3.05) is 12.4 Å². The third-order valence-electron chi connectivity index (χ3n) is 2.00. The molecule has 0 bridgehead atoms. The summed E-state index contributed by atoms with van der Waals surface area (Å²) < 4.78 is 0. The third kappa shape index (κ3) is 4.21. The van der Waals surface area contributed by atoms with E-state index < -0.39 is 0 Å². The van der Waals surface area contributed by atoms with E-state index in [9.17, 15) is 4.79 Å². The van der Waals surface area contributed by atoms with Crippen LogP contribution in [0.25, 0.3) is 16.5 Å². The molecule has 2 aromatic rings. The van der Waals surface area contributed by atoms with Gasteiger partial charge in [-0.2, -0.15) is 7.05 Å². The second kappa shape index (κ2) is 9.24. The largest absolute Gasteiger partial charge is 1.00 e. The standard InChI is InChI=1S/C11H9NO.CH4N.Cs/c13-8-12-11-7-3-5-9-4-1-2-6-10(9)11;1-2;/h1-8H,(H,12,13);2H,1H3;/q;-1;+1. The molecule has 2 N–H and O–H groups in total. The fourth-order valence-electron chi connectivity index (χ4n) is 1.41. The molecular weight excluding hydrogens is 321 g/mol. The van der Waals surface area contributed by atoms with Crippen molar-refractivity contribution < 1.29 is 73.7 Å². The van der Waals surface area contributed by atoms with Gasteiger partial charge >= 0.3 is 68.9 Å². The predicted molar refractivity (Wildman–Crippen MR) is 63.9 cm³/mol. The van der Waals surface area contributed by atoms with Crippen molar-refractivity contribution in [1.29, 1.82) is 0 Å². The van der Waals surface area contributed by atoms with Crippen LogP contribution in [0, 0.1) is 0 Å². The first-order chi connectivity index (χ1) is 7.42. The SMILES string of the molecule is C[NH-].O=CNc1cccc2ccccc12.[Cs+]. The number of rotatable bonds is 2. The van der Waals surface area contributed by atoms with Crippen molar-refractivity contribution >= 4 is 22.9 Å². The molecule has 3 nitrogen and oxygen atoms in total. The number of hydrogen-bond acceptors (Lipinski definition) is 1. The molecule has 4 heteroatoms. The summed E-state index contributed by atoms with van der Waals surface area (Å²) in [6.45, 7) is 0. The topological polar surface area (TPSA) is 52.9 Å². The quantitative estimate of drug-likeness (QED) is 0.777. The first kappa shape index (κ1) is 16.2. The van der Waals surface area contributed by atoms with Crippen LogP contribution in [-0.4, -0.2) is 13.5 Å². The van der Waals surface area contributed by atoms with Crippen molar-refractivity contribution in [2.24, 2.45) is 0 Å². The maximum Gasteiger partial charge on any atom is 1.00 e. The van der Waals surface area contributed by atoms with Crippen LogP contribution in [0.1, 0.15) is 0 Å². The molecule has 0 saturated carbocycles. The van der Waals surface area contributed by atoms with Gasteiger partial charge in [-0.15, -0.1) is 0 Å². The zero-order valence-electron chi connectivity index (χ0n) is 9.53. The van der Waals surface area contributed by atoms with Gasteiger partial charge in [-0.05, 0) is 11.5 Å². The molecular formula is C12H13CsN2O. The van der Waals surface area contributed by atoms with E-state index in [-0.39, 0.29) is 68.9 Å². The number of amides is 1. The first-order valence-corrected chi connectivity index (χ1v) is 4.60. The van der Waals surface area contributed by atoms with Gasteiger partial charge in [0, 0.05) is 11.1 Å². The molecule has 0 unspecified atom stereocenters. The number of hydrogen-bond donors (Lipinski definition) is 1. The Balaban J connectivity index is 0.000000711. The van der Waals surface area contributed by atoms with Crippen LogP contribution < -0.4 is 74.2 Å². The van der Waals surface area contributed by atoms with Crippen molar-refractivity contribution in [1.82, 2.24) is 0 Å². The number of carbonyl (C=O) groups excluding carboxylic acids is 1. The average molecular weight is 334 g/mol. The molecule has 16 heavy (non-hydrogen) atoms. The summed E-state index contributed by atoms with van der Waals surface area (Å²) in [5.41, 5.74) is 6.60. The van der Waals surface area contributed by atoms with E-state index in [1.807, 2.05) is 42.5 Å². The predicted octanol–water partition coefficient (Wildman–Crippen LogP) is 0.0805. The smallest absolute Gasteiger partial charge is 0.680 e. The Labute approximate surface area is 154 Å². The van der Waals surface area contributed by atoms with Crippen molar-refractivity contribution in [3.05, 3.63) is 48.2 Å². The number of anilines is 1. The zero-order valence-corrected chi connectivity index (χ0v) is 15.8. The normalized spacial score (nSPS) is 8.38. The minimum atomic E-state index is 0. The summed E-state index contributed by atoms with van der Waals surface area (Å²) in [5.74, 6) is 0. The van der Waals surface area contributed by atoms with E-state index in [0.29, 0.717) is 6.41 Å². The fourth-order valence-corrected chi connectivity index (χ4v) is 1.41. The van der Waals surface area contributed by atoms with Gasteiger partial charge in [0.1, 0.15) is 0 Å². The summed E-state index contributed by atoms with van der Waals surface area (Å²) >= 11 is 0. The Hall–Kier alpha value is 0.182. The van der Waals surface area contributed by atoms with Crippen molar-refractivity contribution in [3.63, 3.8) is 0 Å². The minimum Gasteiger partial charge on any atom is -0.680 e. The van der Waals surface area contributed by atoms with Gasteiger partial charge < -0.3 is 11.1 Å². The minimum absolute atomic E-state index is 0. The van der Waals surface area contributed by atoms with Gasteiger partial charge in [-0.1, -0.05) is 36.4 Å². The van der Waals surface area contributed by atoms with Crippen LogP contribution in [0.4, 0.5) is 5.69 Å². The maximum absolute atomic E-state index is 10.3. The Bertz CT molecular complexity index is 440. The van der Waals surface area contributed by atoms with Crippen molar-refractivity contribution in [3.8, 4) is 0 Å². The molecule has 78 valence electrons. The van der Waals surface area contributed by atoms with Gasteiger partial charge in [0.25, 0.3) is 0 Å². The molecule has 0 radical (unpaired) electrons. The van der Waals surface area contributed by atoms with Crippen molar-refractivity contribution in [2.45, 2.75) is 0 Å². The zero-order chi connectivity index (χ0) is 11.1. The molecule has 2 rings (SSSR count). The molecule has 1 amide bonds. The van der Waals surface area contributed by atoms with E-state index in [1.54, 1.807) is 0 Å². The molecule has 0 heterocycles. The van der Waals surface area contributed by atoms with Gasteiger partial charge in [0.2, 0.25) is 6.41 Å². The molecule has 0 saturated heterocycles. The van der Waals surface area contributed by atoms with E-state index in [0.717, 1.165) is 16.5 Å². The third-order valence-corrected chi connectivity index (χ3v) is 2.00. The summed E-state index contributed by atoms with van der Waals surface area (Å²) in [4.78, 5) is 10.3. The van der Waals surface area contributed by atoms with Crippen LogP contribution in [0.5, 0.6) is 0 Å². The second-order valence-corrected chi connectivity index (χ2v) is 2.79. The van der Waals surface area contributed by atoms with Crippen LogP contribution in [0.3, 0.4) is 0 Å². The fraction of sp³-hybridized carbons (Fsp3) is 0.0833. The first-order valence-electron chi connectivity index (χ1n) is 4.60. The van der Waals surface area contributed by atoms with Crippen LogP contribution in [0.2, 0.25) is 0 Å². The average Bonchev–Trinajstić information content (AvgIpc) is 2.33. The number of carbonyl (C=O) groups is 1. The molecule has 0 aromatic heterocycles. The summed E-state index contributed by atoms with van der Waals surface area (Å²) in [6.07, 6.45) is 0.696. The summed E-state index contributed by atoms with van der Waals surface area (Å²) in [6, 6.07) is 13.8. The van der Waals surface area contributed by atoms with Gasteiger partial charge in [0.15, 0.2) is 0 Å². The van der Waals surface area contributed by atoms with Gasteiger partial charge in [0.05, 0.1) is 0 Å². The Morgan fingerprint density at radius 1 is 1.06 bits per heavy atom. The van der Waals surface area contributed by atoms with Crippen LogP contribution in [0.15, 0.2) is 42.5 Å². The summed E-state index contributed by atoms with van der Waals surface area (Å²) in [5, 5.41) is 4.87. The monoisotopic (exact) mass is 334 g/mol. The van der Waals surface area contributed by atoms with E-state index >= 15 is 0 Å². The maximum atomic E-state index is 10.3. The Morgan fingerprint density at radius 3 is 2.38 bits per heavy atom. The second-order valence-electron chi connectivity index (χ2n) is 2.79. The summed E-state index contributed by atoms with van der Waals surface area (Å²) in [7, 11) is 1.25. The van der Waals surface area contributed by atoms with Gasteiger partial charge in [-0.25, -0.2) is 0 Å². The molecule has 0 fully saturated rings. The Morgan fingerprint density at radius 2 is 1.69 bits per heavy atom. The number of fused-ring (bicyclic) bond motifs is 1. The molecule has 0 aliphatic heterocycles. The molecule has 0 spiro atoms. The number of nitrogens with one attached hydrogen (secondary N) is 2. The van der Waals surface area contributed by atoms with Crippen LogP contribution >= 0.6 is 0 Å². The van der Waals surface area contributed by atoms with E-state index in [4.69, 9.17) is 5.73 Å². The van der Waals surface area contributed by atoms with E-state index in [2.05, 4.69) is 5.32 Å². The molecule has 2 aromatic carbocycles. The Kier molecular flexibility index (Phi) is 9.34. The molecule has 0 atom stereocenters. The van der Waals surface area contributed by atoms with Gasteiger partial charge in [-0.3, -0.25) is 4.79 Å². The molecule has 0 aliphatic rings. The van der Waals surface area contributed by atoms with E-state index in [1.165, 1.54) is 7.05 Å². The molecule has 0 aliphatic carbocycles. The number of benzene rings is 2.